The van der Waals surface area contributed by atoms with E-state index in [9.17, 15) is 9.59 Å². The zero-order chi connectivity index (χ0) is 17.1. The quantitative estimate of drug-likeness (QED) is 0.894. The molecule has 2 N–H and O–H groups in total. The number of urea groups is 1. The van der Waals surface area contributed by atoms with E-state index in [1.165, 1.54) is 0 Å². The van der Waals surface area contributed by atoms with Gasteiger partial charge in [0.25, 0.3) is 0 Å². The molecule has 0 aromatic heterocycles. The van der Waals surface area contributed by atoms with Gasteiger partial charge in [0, 0.05) is 29.4 Å². The van der Waals surface area contributed by atoms with Crippen LogP contribution in [0.3, 0.4) is 0 Å². The second kappa shape index (κ2) is 6.93. The number of rotatable bonds is 3. The number of carbonyl (C=O) groups excluding carboxylic acids is 2. The summed E-state index contributed by atoms with van der Waals surface area (Å²) in [5.74, 6) is 0.00640. The predicted octanol–water partition coefficient (Wildman–Crippen LogP) is 3.58. The Kier molecular flexibility index (Phi) is 4.71. The Morgan fingerprint density at radius 2 is 1.96 bits per heavy atom. The van der Waals surface area contributed by atoms with Gasteiger partial charge in [0.1, 0.15) is 0 Å². The predicted molar refractivity (Wildman–Crippen MR) is 95.5 cm³/mol. The molecule has 0 spiro atoms. The van der Waals surface area contributed by atoms with Crippen molar-refractivity contribution >= 4 is 34.9 Å². The Hall–Kier alpha value is -2.53. The number of benzene rings is 2. The Morgan fingerprint density at radius 3 is 2.67 bits per heavy atom. The maximum Gasteiger partial charge on any atom is 0.319 e. The second-order valence-corrected chi connectivity index (χ2v) is 6.29. The Balaban J connectivity index is 1.59. The molecule has 2 aromatic carbocycles. The van der Waals surface area contributed by atoms with Crippen molar-refractivity contribution < 1.29 is 9.59 Å². The molecule has 0 saturated carbocycles. The van der Waals surface area contributed by atoms with Crippen molar-refractivity contribution in [3.8, 4) is 0 Å². The topological polar surface area (TPSA) is 61.4 Å². The molecule has 0 bridgehead atoms. The lowest BCUT2D eigenvalue weighted by Crippen LogP contribution is -2.39. The smallest absolute Gasteiger partial charge is 0.319 e. The molecular formula is C18H18ClN3O2. The van der Waals surface area contributed by atoms with Gasteiger partial charge in [-0.05, 0) is 37.3 Å². The summed E-state index contributed by atoms with van der Waals surface area (Å²) >= 11 is 5.89. The van der Waals surface area contributed by atoms with Crippen molar-refractivity contribution in [2.45, 2.75) is 19.4 Å². The molecule has 5 nitrogen and oxygen atoms in total. The van der Waals surface area contributed by atoms with Crippen LogP contribution in [0.4, 0.5) is 16.2 Å². The van der Waals surface area contributed by atoms with Crippen LogP contribution in [-0.2, 0) is 4.79 Å². The summed E-state index contributed by atoms with van der Waals surface area (Å²) in [5.41, 5.74) is 2.60. The number of anilines is 2. The number of aryl methyl sites for hydroxylation is 1. The first-order chi connectivity index (χ1) is 11.5. The molecule has 1 fully saturated rings. The van der Waals surface area contributed by atoms with Gasteiger partial charge in [-0.15, -0.1) is 0 Å². The maximum atomic E-state index is 12.2. The number of hydrogen-bond acceptors (Lipinski definition) is 2. The fourth-order valence-electron chi connectivity index (χ4n) is 2.70. The van der Waals surface area contributed by atoms with Crippen molar-refractivity contribution in [3.63, 3.8) is 0 Å². The van der Waals surface area contributed by atoms with E-state index in [0.29, 0.717) is 17.3 Å². The van der Waals surface area contributed by atoms with E-state index in [4.69, 9.17) is 11.6 Å². The second-order valence-electron chi connectivity index (χ2n) is 5.85. The minimum atomic E-state index is -0.346. The van der Waals surface area contributed by atoms with Crippen molar-refractivity contribution in [1.29, 1.82) is 0 Å². The molecule has 124 valence electrons. The minimum absolute atomic E-state index is 0.00640. The molecule has 1 unspecified atom stereocenters. The lowest BCUT2D eigenvalue weighted by atomic mass is 10.2. The van der Waals surface area contributed by atoms with Crippen LogP contribution in [-0.4, -0.2) is 24.5 Å². The van der Waals surface area contributed by atoms with Gasteiger partial charge in [0.05, 0.1) is 6.04 Å². The highest BCUT2D eigenvalue weighted by Crippen LogP contribution is 2.22. The first-order valence-electron chi connectivity index (χ1n) is 7.71. The number of amides is 3. The number of nitrogens with one attached hydrogen (secondary N) is 2. The molecule has 1 atom stereocenters. The maximum absolute atomic E-state index is 12.2. The van der Waals surface area contributed by atoms with E-state index >= 15 is 0 Å². The Morgan fingerprint density at radius 1 is 1.21 bits per heavy atom. The summed E-state index contributed by atoms with van der Waals surface area (Å²) in [4.78, 5) is 26.0. The van der Waals surface area contributed by atoms with Crippen LogP contribution in [0.1, 0.15) is 12.0 Å². The van der Waals surface area contributed by atoms with Crippen LogP contribution in [0.15, 0.2) is 48.5 Å². The summed E-state index contributed by atoms with van der Waals surface area (Å²) in [6, 6.07) is 14.1. The van der Waals surface area contributed by atoms with Crippen molar-refractivity contribution in [2.24, 2.45) is 0 Å². The van der Waals surface area contributed by atoms with Gasteiger partial charge < -0.3 is 15.5 Å². The first-order valence-corrected chi connectivity index (χ1v) is 8.09. The van der Waals surface area contributed by atoms with Crippen LogP contribution < -0.4 is 15.5 Å². The van der Waals surface area contributed by atoms with Crippen molar-refractivity contribution in [1.82, 2.24) is 5.32 Å². The molecule has 0 radical (unpaired) electrons. The molecule has 0 aliphatic carbocycles. The lowest BCUT2D eigenvalue weighted by molar-refractivity contribution is -0.117. The van der Waals surface area contributed by atoms with Gasteiger partial charge in [-0.1, -0.05) is 35.4 Å². The van der Waals surface area contributed by atoms with Crippen molar-refractivity contribution in [2.75, 3.05) is 16.8 Å². The van der Waals surface area contributed by atoms with Gasteiger partial charge >= 0.3 is 6.03 Å². The Bertz CT molecular complexity index is 761. The molecular weight excluding hydrogens is 326 g/mol. The summed E-state index contributed by atoms with van der Waals surface area (Å²) < 4.78 is 0. The zero-order valence-corrected chi connectivity index (χ0v) is 14.0. The van der Waals surface area contributed by atoms with E-state index in [1.807, 2.05) is 31.2 Å². The van der Waals surface area contributed by atoms with Gasteiger partial charge in [-0.2, -0.15) is 0 Å². The third-order valence-electron chi connectivity index (χ3n) is 3.89. The van der Waals surface area contributed by atoms with E-state index < -0.39 is 0 Å². The van der Waals surface area contributed by atoms with Crippen LogP contribution in [0, 0.1) is 6.92 Å². The molecule has 1 heterocycles. The molecule has 1 saturated heterocycles. The van der Waals surface area contributed by atoms with Gasteiger partial charge in [0.15, 0.2) is 0 Å². The van der Waals surface area contributed by atoms with Crippen LogP contribution >= 0.6 is 11.6 Å². The van der Waals surface area contributed by atoms with Crippen LogP contribution in [0.5, 0.6) is 0 Å². The van der Waals surface area contributed by atoms with Crippen LogP contribution in [0.2, 0.25) is 5.02 Å². The summed E-state index contributed by atoms with van der Waals surface area (Å²) in [7, 11) is 0. The number of halogens is 1. The third kappa shape index (κ3) is 3.86. The normalized spacial score (nSPS) is 17.0. The fraction of sp³-hybridized carbons (Fsp3) is 0.222. The van der Waals surface area contributed by atoms with Crippen LogP contribution in [0.25, 0.3) is 0 Å². The zero-order valence-electron chi connectivity index (χ0n) is 13.3. The van der Waals surface area contributed by atoms with Crippen molar-refractivity contribution in [3.05, 3.63) is 59.1 Å². The molecule has 24 heavy (non-hydrogen) atoms. The largest absolute Gasteiger partial charge is 0.333 e. The standard InChI is InChI=1S/C18H18ClN3O2/c1-12-5-7-16(8-6-12)22-11-15(10-17(22)23)21-18(24)20-14-4-2-3-13(19)9-14/h2-9,15H,10-11H2,1H3,(H2,20,21,24). The summed E-state index contributed by atoms with van der Waals surface area (Å²) in [6.07, 6.45) is 0.289. The SMILES string of the molecule is Cc1ccc(N2CC(NC(=O)Nc3cccc(Cl)c3)CC2=O)cc1. The van der Waals surface area contributed by atoms with Gasteiger partial charge in [0.2, 0.25) is 5.91 Å². The molecule has 6 heteroatoms. The highest BCUT2D eigenvalue weighted by Gasteiger charge is 2.31. The lowest BCUT2D eigenvalue weighted by Gasteiger charge is -2.17. The van der Waals surface area contributed by atoms with E-state index in [-0.39, 0.29) is 24.4 Å². The molecule has 1 aliphatic rings. The van der Waals surface area contributed by atoms with E-state index in [2.05, 4.69) is 10.6 Å². The summed E-state index contributed by atoms with van der Waals surface area (Å²) in [6.45, 7) is 2.46. The molecule has 1 aliphatic heterocycles. The van der Waals surface area contributed by atoms with E-state index in [0.717, 1.165) is 11.3 Å². The number of nitrogens with zero attached hydrogens (tertiary/aromatic N) is 1. The number of carbonyl (C=O) groups is 2. The average molecular weight is 344 g/mol. The first kappa shape index (κ1) is 16.3. The Labute approximate surface area is 145 Å². The van der Waals surface area contributed by atoms with E-state index in [1.54, 1.807) is 29.2 Å². The fourth-order valence-corrected chi connectivity index (χ4v) is 2.89. The average Bonchev–Trinajstić information content (AvgIpc) is 2.88. The minimum Gasteiger partial charge on any atom is -0.333 e. The molecule has 2 aromatic rings. The molecule has 3 amide bonds. The monoisotopic (exact) mass is 343 g/mol. The van der Waals surface area contributed by atoms with Gasteiger partial charge in [-0.3, -0.25) is 4.79 Å². The highest BCUT2D eigenvalue weighted by atomic mass is 35.5. The number of hydrogen-bond donors (Lipinski definition) is 2. The highest BCUT2D eigenvalue weighted by molar-refractivity contribution is 6.30. The van der Waals surface area contributed by atoms with Gasteiger partial charge in [-0.25, -0.2) is 4.79 Å². The summed E-state index contributed by atoms with van der Waals surface area (Å²) in [5, 5.41) is 6.11. The molecule has 3 rings (SSSR count). The third-order valence-corrected chi connectivity index (χ3v) is 4.12.